The van der Waals surface area contributed by atoms with Gasteiger partial charge in [0.1, 0.15) is 8.07 Å². The molecule has 5 heteroatoms. The molecule has 0 amide bonds. The Morgan fingerprint density at radius 3 is 2.42 bits per heavy atom. The van der Waals surface area contributed by atoms with Gasteiger partial charge in [0.15, 0.2) is 12.3 Å². The maximum Gasteiger partial charge on any atom is 0.150 e. The normalized spacial score (nSPS) is 23.1. The second kappa shape index (κ2) is 5.30. The first-order chi connectivity index (χ1) is 8.85. The van der Waals surface area contributed by atoms with Crippen LogP contribution in [0.1, 0.15) is 5.56 Å². The highest BCUT2D eigenvalue weighted by Crippen LogP contribution is 2.23. The van der Waals surface area contributed by atoms with Crippen LogP contribution in [0.15, 0.2) is 18.5 Å². The Morgan fingerprint density at radius 2 is 1.84 bits per heavy atom. The molecule has 1 aromatic rings. The summed E-state index contributed by atoms with van der Waals surface area (Å²) in [5.41, 5.74) is 4.80. The monoisotopic (exact) mass is 280 g/mol. The molecule has 0 saturated carbocycles. The second-order valence-electron chi connectivity index (χ2n) is 5.87. The van der Waals surface area contributed by atoms with E-state index in [1.165, 1.54) is 0 Å². The molecule has 0 bridgehead atoms. The second-order valence-corrected chi connectivity index (χ2v) is 10.6. The van der Waals surface area contributed by atoms with E-state index in [1.54, 1.807) is 17.3 Å². The third kappa shape index (κ3) is 3.77. The molecule has 0 spiro atoms. The molecule has 0 unspecified atom stereocenters. The van der Waals surface area contributed by atoms with Gasteiger partial charge in [-0.2, -0.15) is 0 Å². The van der Waals surface area contributed by atoms with Gasteiger partial charge in [-0.1, -0.05) is 25.6 Å². The summed E-state index contributed by atoms with van der Waals surface area (Å²) in [7, 11) is -1.43. The molecule has 2 atom stereocenters. The maximum atomic E-state index is 13.2. The summed E-state index contributed by atoms with van der Waals surface area (Å²) in [5.74, 6) is 3.11. The third-order valence-electron chi connectivity index (χ3n) is 2.85. The van der Waals surface area contributed by atoms with E-state index >= 15 is 0 Å². The average Bonchev–Trinajstić information content (AvgIpc) is 2.67. The zero-order valence-corrected chi connectivity index (χ0v) is 12.5. The Labute approximate surface area is 113 Å². The molecule has 1 saturated heterocycles. The molecule has 2 nitrogen and oxygen atoms in total. The predicted octanol–water partition coefficient (Wildman–Crippen LogP) is 2.81. The lowest BCUT2D eigenvalue weighted by Gasteiger charge is -2.16. The molecule has 19 heavy (non-hydrogen) atoms. The van der Waals surface area contributed by atoms with Gasteiger partial charge in [-0.25, -0.2) is 8.78 Å². The number of hydrogen-bond acceptors (Lipinski definition) is 2. The quantitative estimate of drug-likeness (QED) is 0.581. The van der Waals surface area contributed by atoms with E-state index in [2.05, 4.69) is 36.1 Å². The number of aromatic nitrogens is 1. The van der Waals surface area contributed by atoms with Crippen molar-refractivity contribution in [1.29, 1.82) is 0 Å². The Morgan fingerprint density at radius 1 is 1.21 bits per heavy atom. The van der Waals surface area contributed by atoms with E-state index in [4.69, 9.17) is 0 Å². The van der Waals surface area contributed by atoms with E-state index < -0.39 is 20.4 Å². The van der Waals surface area contributed by atoms with E-state index in [1.807, 2.05) is 6.07 Å². The number of halogens is 2. The summed E-state index contributed by atoms with van der Waals surface area (Å²) in [4.78, 5) is 5.79. The topological polar surface area (TPSA) is 16.1 Å². The van der Waals surface area contributed by atoms with Crippen LogP contribution in [0.4, 0.5) is 14.5 Å². The van der Waals surface area contributed by atoms with Gasteiger partial charge in [-0.3, -0.25) is 4.98 Å². The van der Waals surface area contributed by atoms with Crippen LogP contribution in [0, 0.1) is 11.5 Å². The number of anilines is 1. The molecule has 102 valence electrons. The lowest BCUT2D eigenvalue weighted by atomic mass is 10.2. The lowest BCUT2D eigenvalue weighted by molar-refractivity contribution is 0.217. The van der Waals surface area contributed by atoms with Crippen LogP contribution in [0.5, 0.6) is 0 Å². The Kier molecular flexibility index (Phi) is 3.90. The molecule has 2 heterocycles. The van der Waals surface area contributed by atoms with Crippen LogP contribution in [-0.2, 0) is 0 Å². The highest BCUT2D eigenvalue weighted by atomic mass is 28.3. The first-order valence-electron chi connectivity index (χ1n) is 6.36. The largest absolute Gasteiger partial charge is 0.364 e. The molecule has 0 radical (unpaired) electrons. The van der Waals surface area contributed by atoms with Crippen LogP contribution in [-0.4, -0.2) is 38.5 Å². The first-order valence-corrected chi connectivity index (χ1v) is 9.86. The van der Waals surface area contributed by atoms with Crippen LogP contribution < -0.4 is 4.90 Å². The van der Waals surface area contributed by atoms with Crippen molar-refractivity contribution in [2.75, 3.05) is 18.0 Å². The smallest absolute Gasteiger partial charge is 0.150 e. The fourth-order valence-electron chi connectivity index (χ4n) is 1.86. The minimum absolute atomic E-state index is 0.0910. The van der Waals surface area contributed by atoms with Crippen molar-refractivity contribution in [2.45, 2.75) is 32.0 Å². The number of pyridine rings is 1. The lowest BCUT2D eigenvalue weighted by Crippen LogP contribution is -2.20. The van der Waals surface area contributed by atoms with E-state index in [-0.39, 0.29) is 13.1 Å². The first kappa shape index (κ1) is 14.0. The van der Waals surface area contributed by atoms with Crippen molar-refractivity contribution >= 4 is 13.8 Å². The van der Waals surface area contributed by atoms with Crippen LogP contribution in [0.2, 0.25) is 19.6 Å². The molecule has 2 rings (SSSR count). The average molecular weight is 280 g/mol. The number of nitrogens with zero attached hydrogens (tertiary/aromatic N) is 2. The zero-order valence-electron chi connectivity index (χ0n) is 11.5. The Bertz CT molecular complexity index is 506. The highest BCUT2D eigenvalue weighted by Gasteiger charge is 2.33. The molecule has 1 aromatic heterocycles. The van der Waals surface area contributed by atoms with E-state index in [0.717, 1.165) is 11.3 Å². The van der Waals surface area contributed by atoms with E-state index in [0.29, 0.717) is 0 Å². The summed E-state index contributed by atoms with van der Waals surface area (Å²) in [6, 6.07) is 1.85. The molecule has 0 aliphatic carbocycles. The molecule has 1 aliphatic rings. The van der Waals surface area contributed by atoms with Gasteiger partial charge in [-0.05, 0) is 6.07 Å². The molecule has 0 aromatic carbocycles. The van der Waals surface area contributed by atoms with Crippen molar-refractivity contribution in [3.05, 3.63) is 24.0 Å². The SMILES string of the molecule is C[Si](C)(C)C#Cc1cncc(N2C[C@@H](F)[C@H](F)C2)c1. The fraction of sp³-hybridized carbons (Fsp3) is 0.500. The fourth-order valence-corrected chi connectivity index (χ4v) is 2.38. The molecule has 0 N–H and O–H groups in total. The Hall–Kier alpha value is -1.41. The predicted molar refractivity (Wildman–Crippen MR) is 76.5 cm³/mol. The van der Waals surface area contributed by atoms with Crippen molar-refractivity contribution < 1.29 is 8.78 Å². The van der Waals surface area contributed by atoms with Gasteiger partial charge in [0.05, 0.1) is 25.0 Å². The van der Waals surface area contributed by atoms with Crippen molar-refractivity contribution in [2.24, 2.45) is 0 Å². The van der Waals surface area contributed by atoms with Crippen LogP contribution in [0.3, 0.4) is 0 Å². The van der Waals surface area contributed by atoms with Crippen LogP contribution >= 0.6 is 0 Å². The maximum absolute atomic E-state index is 13.2. The number of rotatable bonds is 1. The summed E-state index contributed by atoms with van der Waals surface area (Å²) >= 11 is 0. The third-order valence-corrected chi connectivity index (χ3v) is 3.73. The highest BCUT2D eigenvalue weighted by molar-refractivity contribution is 6.83. The van der Waals surface area contributed by atoms with Gasteiger partial charge < -0.3 is 4.90 Å². The Balaban J connectivity index is 2.18. The summed E-state index contributed by atoms with van der Waals surface area (Å²) in [5, 5.41) is 0. The van der Waals surface area contributed by atoms with Crippen molar-refractivity contribution in [3.63, 3.8) is 0 Å². The van der Waals surface area contributed by atoms with Gasteiger partial charge in [0.2, 0.25) is 0 Å². The minimum atomic E-state index is -1.43. The number of alkyl halides is 2. The summed E-state index contributed by atoms with van der Waals surface area (Å²) in [6.07, 6.45) is 0.505. The molecular weight excluding hydrogens is 262 g/mol. The van der Waals surface area contributed by atoms with Gasteiger partial charge in [-0.15, -0.1) is 5.54 Å². The van der Waals surface area contributed by atoms with Crippen molar-refractivity contribution in [3.8, 4) is 11.5 Å². The summed E-state index contributed by atoms with van der Waals surface area (Å²) < 4.78 is 26.4. The summed E-state index contributed by atoms with van der Waals surface area (Å²) in [6.45, 7) is 6.68. The molecular formula is C14H18F2N2Si. The van der Waals surface area contributed by atoms with E-state index in [9.17, 15) is 8.78 Å². The zero-order chi connectivity index (χ0) is 14.0. The van der Waals surface area contributed by atoms with Gasteiger partial charge >= 0.3 is 0 Å². The standard InChI is InChI=1S/C14H18F2N2Si/c1-19(2,3)5-4-11-6-12(8-17-7-11)18-9-13(15)14(16)10-18/h6-8,13-14H,9-10H2,1-3H3/t13-,14-/m1/s1. The van der Waals surface area contributed by atoms with Gasteiger partial charge in [0.25, 0.3) is 0 Å². The molecule has 1 fully saturated rings. The van der Waals surface area contributed by atoms with Crippen LogP contribution in [0.25, 0.3) is 0 Å². The van der Waals surface area contributed by atoms with Gasteiger partial charge in [0, 0.05) is 11.8 Å². The number of hydrogen-bond donors (Lipinski definition) is 0. The van der Waals surface area contributed by atoms with Crippen molar-refractivity contribution in [1.82, 2.24) is 4.98 Å². The molecule has 1 aliphatic heterocycles. The minimum Gasteiger partial charge on any atom is -0.364 e.